The average molecular weight is 678 g/mol. The van der Waals surface area contributed by atoms with Gasteiger partial charge in [0.1, 0.15) is 11.2 Å². The summed E-state index contributed by atoms with van der Waals surface area (Å²) in [5.41, 5.74) is 7.29. The summed E-state index contributed by atoms with van der Waals surface area (Å²) in [6.45, 7) is 4.45. The van der Waals surface area contributed by atoms with Gasteiger partial charge in [-0.3, -0.25) is 0 Å². The van der Waals surface area contributed by atoms with Crippen LogP contribution in [0.15, 0.2) is 168 Å². The number of benzene rings is 7. The van der Waals surface area contributed by atoms with Crippen LogP contribution in [0.2, 0.25) is 0 Å². The molecule has 0 bridgehead atoms. The number of rotatable bonds is 5. The molecule has 4 heteroatoms. The number of aromatic nitrogens is 3. The third-order valence-electron chi connectivity index (χ3n) is 9.90. The molecule has 0 radical (unpaired) electrons. The molecule has 0 amide bonds. The molecule has 0 N–H and O–H groups in total. The Labute approximate surface area is 316 Å². The van der Waals surface area contributed by atoms with Gasteiger partial charge in [0.05, 0.1) is 13.7 Å². The average Bonchev–Trinajstić information content (AvgIpc) is 3.77. The van der Waals surface area contributed by atoms with Crippen molar-refractivity contribution in [1.29, 1.82) is 0 Å². The number of nitrogens with zero attached hydrogens (tertiary/aromatic N) is 3. The van der Waals surface area contributed by atoms with E-state index < -0.39 is 60.4 Å². The van der Waals surface area contributed by atoms with Gasteiger partial charge in [0.25, 0.3) is 0 Å². The van der Waals surface area contributed by atoms with Crippen LogP contribution in [0, 0.1) is 0 Å². The normalized spacial score (nSPS) is 15.7. The van der Waals surface area contributed by atoms with Crippen LogP contribution < -0.4 is 0 Å². The van der Waals surface area contributed by atoms with Crippen molar-refractivity contribution < 1.29 is 18.1 Å². The van der Waals surface area contributed by atoms with E-state index in [1.54, 1.807) is 18.2 Å². The van der Waals surface area contributed by atoms with E-state index in [2.05, 4.69) is 44.2 Å². The lowest BCUT2D eigenvalue weighted by Gasteiger charge is -2.21. The number of hydrogen-bond acceptors (Lipinski definition) is 4. The smallest absolute Gasteiger partial charge is 0.164 e. The lowest BCUT2D eigenvalue weighted by atomic mass is 9.82. The fourth-order valence-electron chi connectivity index (χ4n) is 7.34. The summed E-state index contributed by atoms with van der Waals surface area (Å²) in [6, 6.07) is 27.6. The van der Waals surface area contributed by atoms with Gasteiger partial charge in [-0.2, -0.15) is 0 Å². The van der Waals surface area contributed by atoms with Crippen LogP contribution in [0.25, 0.3) is 89.5 Å². The highest BCUT2D eigenvalue weighted by molar-refractivity contribution is 6.12. The van der Waals surface area contributed by atoms with Gasteiger partial charge in [0.15, 0.2) is 17.5 Å². The second-order valence-corrected chi connectivity index (χ2v) is 13.3. The van der Waals surface area contributed by atoms with Crippen molar-refractivity contribution in [3.63, 3.8) is 0 Å². The van der Waals surface area contributed by atoms with E-state index in [9.17, 15) is 0 Å². The maximum absolute atomic E-state index is 8.87. The van der Waals surface area contributed by atoms with E-state index in [1.165, 1.54) is 22.8 Å². The Bertz CT molecular complexity index is 3340. The highest BCUT2D eigenvalue weighted by Gasteiger charge is 2.35. The first-order valence-electron chi connectivity index (χ1n) is 21.9. The molecule has 0 fully saturated rings. The lowest BCUT2D eigenvalue weighted by Crippen LogP contribution is -2.14. The molecule has 0 spiro atoms. The van der Waals surface area contributed by atoms with Crippen molar-refractivity contribution in [2.24, 2.45) is 0 Å². The molecule has 9 aromatic rings. The zero-order chi connectivity index (χ0) is 43.5. The van der Waals surface area contributed by atoms with Gasteiger partial charge in [-0.25, -0.2) is 15.0 Å². The highest BCUT2D eigenvalue weighted by Crippen LogP contribution is 2.49. The number of hydrogen-bond donors (Lipinski definition) is 0. The molecule has 10 rings (SSSR count). The largest absolute Gasteiger partial charge is 0.455 e. The predicted molar refractivity (Wildman–Crippen MR) is 212 cm³/mol. The van der Waals surface area contributed by atoms with E-state index in [1.807, 2.05) is 48.5 Å². The molecule has 0 atom stereocenters. The maximum Gasteiger partial charge on any atom is 0.164 e. The Morgan fingerprint density at radius 2 is 1.06 bits per heavy atom. The van der Waals surface area contributed by atoms with Crippen molar-refractivity contribution in [2.45, 2.75) is 19.3 Å². The SMILES string of the molecule is [2H]c1c([2H])c([2H])c(-c2cc(-c3c([2H])c([2H])c([2H])c([2H])c3[2H])c3oc4cc(-c5nc(-c6ccccc6)nc(-c6ccc7c(c6)-c6ccccc6C7(C)C)n5)ccc4c3c2)c([2H])c1[2H]. The number of furan rings is 1. The predicted octanol–water partition coefficient (Wildman–Crippen LogP) is 12.4. The maximum atomic E-state index is 8.87. The van der Waals surface area contributed by atoms with Crippen molar-refractivity contribution in [2.75, 3.05) is 0 Å². The van der Waals surface area contributed by atoms with Crippen molar-refractivity contribution in [3.05, 3.63) is 175 Å². The monoisotopic (exact) mass is 677 g/mol. The molecule has 7 aromatic carbocycles. The second-order valence-electron chi connectivity index (χ2n) is 13.3. The summed E-state index contributed by atoms with van der Waals surface area (Å²) in [6.07, 6.45) is 0. The Morgan fingerprint density at radius 1 is 0.462 bits per heavy atom. The Morgan fingerprint density at radius 3 is 1.81 bits per heavy atom. The van der Waals surface area contributed by atoms with Gasteiger partial charge in [0.2, 0.25) is 0 Å². The Hall–Kier alpha value is -6.65. The molecule has 246 valence electrons. The fraction of sp³-hybridized carbons (Fsp3) is 0.0625. The van der Waals surface area contributed by atoms with E-state index in [0.717, 1.165) is 16.7 Å². The molecule has 1 aliphatic rings. The van der Waals surface area contributed by atoms with E-state index >= 15 is 0 Å². The Balaban J connectivity index is 1.20. The lowest BCUT2D eigenvalue weighted by molar-refractivity contribution is 0.660. The third kappa shape index (κ3) is 4.87. The van der Waals surface area contributed by atoms with Gasteiger partial charge in [-0.15, -0.1) is 0 Å². The van der Waals surface area contributed by atoms with Gasteiger partial charge in [-0.1, -0.05) is 147 Å². The van der Waals surface area contributed by atoms with Crippen LogP contribution in [0.3, 0.4) is 0 Å². The molecule has 0 saturated carbocycles. The zero-order valence-corrected chi connectivity index (χ0v) is 28.1. The molecule has 4 nitrogen and oxygen atoms in total. The standard InChI is InChI=1S/C48H33N3O/c1-48(2)41-21-13-12-20-36(41)39-26-33(23-25-42(39)48)46-49-45(32-18-10-5-11-19-32)50-47(51-46)34-22-24-37-40-28-35(30-14-6-3-7-15-30)27-38(31-16-8-4-9-17-31)44(40)52-43(37)29-34/h3-29H,1-2H3/i3D,4D,6D,7D,8D,9D,14D,15D,16D,17D. The van der Waals surface area contributed by atoms with E-state index in [4.69, 9.17) is 33.1 Å². The summed E-state index contributed by atoms with van der Waals surface area (Å²) >= 11 is 0. The minimum Gasteiger partial charge on any atom is -0.455 e. The van der Waals surface area contributed by atoms with Crippen LogP contribution in [-0.4, -0.2) is 15.0 Å². The first-order valence-corrected chi connectivity index (χ1v) is 16.9. The van der Waals surface area contributed by atoms with Crippen LogP contribution in [0.4, 0.5) is 0 Å². The minimum atomic E-state index is -0.573. The third-order valence-corrected chi connectivity index (χ3v) is 9.90. The number of fused-ring (bicyclic) bond motifs is 6. The first kappa shape index (κ1) is 21.5. The fourth-order valence-corrected chi connectivity index (χ4v) is 7.34. The second kappa shape index (κ2) is 11.7. The minimum absolute atomic E-state index is 0.0919. The first-order chi connectivity index (χ1) is 29.6. The molecule has 2 aromatic heterocycles. The van der Waals surface area contributed by atoms with Crippen molar-refractivity contribution in [3.8, 4) is 67.5 Å². The van der Waals surface area contributed by atoms with Crippen LogP contribution >= 0.6 is 0 Å². The van der Waals surface area contributed by atoms with Gasteiger partial charge >= 0.3 is 0 Å². The summed E-state index contributed by atoms with van der Waals surface area (Å²) < 4.78 is 91.8. The van der Waals surface area contributed by atoms with Crippen molar-refractivity contribution >= 4 is 21.9 Å². The van der Waals surface area contributed by atoms with E-state index in [-0.39, 0.29) is 33.3 Å². The quantitative estimate of drug-likeness (QED) is 0.182. The topological polar surface area (TPSA) is 51.8 Å². The summed E-state index contributed by atoms with van der Waals surface area (Å²) in [5.74, 6) is 1.29. The van der Waals surface area contributed by atoms with Gasteiger partial charge < -0.3 is 4.42 Å². The van der Waals surface area contributed by atoms with Gasteiger partial charge in [0, 0.05) is 38.4 Å². The van der Waals surface area contributed by atoms with Crippen LogP contribution in [0.1, 0.15) is 38.7 Å². The molecule has 0 aliphatic heterocycles. The molecular weight excluding hydrogens is 635 g/mol. The summed E-state index contributed by atoms with van der Waals surface area (Å²) in [5, 5.41) is 0.990. The summed E-state index contributed by atoms with van der Waals surface area (Å²) in [4.78, 5) is 14.9. The zero-order valence-electron chi connectivity index (χ0n) is 38.1. The summed E-state index contributed by atoms with van der Waals surface area (Å²) in [7, 11) is 0. The highest BCUT2D eigenvalue weighted by atomic mass is 16.3. The van der Waals surface area contributed by atoms with E-state index in [0.29, 0.717) is 39.4 Å². The van der Waals surface area contributed by atoms with Crippen molar-refractivity contribution in [1.82, 2.24) is 15.0 Å². The van der Waals surface area contributed by atoms with Gasteiger partial charge in [-0.05, 0) is 69.3 Å². The molecule has 0 unspecified atom stereocenters. The molecule has 0 saturated heterocycles. The molecule has 1 aliphatic carbocycles. The molecule has 52 heavy (non-hydrogen) atoms. The van der Waals surface area contributed by atoms with Crippen LogP contribution in [0.5, 0.6) is 0 Å². The molecule has 2 heterocycles. The van der Waals surface area contributed by atoms with Crippen LogP contribution in [-0.2, 0) is 5.41 Å². The Kier molecular flexibility index (Phi) is 4.85. The molecular formula is C48H33N3O.